The lowest BCUT2D eigenvalue weighted by atomic mass is 10.1. The zero-order valence-corrected chi connectivity index (χ0v) is 19.4. The number of rotatable bonds is 6. The number of fused-ring (bicyclic) bond motifs is 2. The van der Waals surface area contributed by atoms with Gasteiger partial charge in [-0.2, -0.15) is 0 Å². The van der Waals surface area contributed by atoms with E-state index in [9.17, 15) is 4.79 Å². The second kappa shape index (κ2) is 8.97. The van der Waals surface area contributed by atoms with E-state index in [2.05, 4.69) is 26.0 Å². The number of hydrogen-bond acceptors (Lipinski definition) is 6. The summed E-state index contributed by atoms with van der Waals surface area (Å²) < 4.78 is 6.05. The third-order valence-electron chi connectivity index (χ3n) is 6.05. The topological polar surface area (TPSA) is 87.2 Å². The summed E-state index contributed by atoms with van der Waals surface area (Å²) in [6, 6.07) is 11.7. The Hall–Kier alpha value is -4.20. The minimum absolute atomic E-state index is 0.0966. The highest BCUT2D eigenvalue weighted by atomic mass is 16.5. The molecule has 1 aromatic carbocycles. The maximum absolute atomic E-state index is 13.3. The molecule has 4 aromatic rings. The molecule has 8 heteroatoms. The van der Waals surface area contributed by atoms with Crippen LogP contribution < -0.4 is 14.5 Å². The first-order valence-corrected chi connectivity index (χ1v) is 11.3. The lowest BCUT2D eigenvalue weighted by molar-refractivity contribution is 0.0994. The van der Waals surface area contributed by atoms with Gasteiger partial charge in [0.2, 0.25) is 0 Å². The predicted molar refractivity (Wildman–Crippen MR) is 132 cm³/mol. The van der Waals surface area contributed by atoms with E-state index in [0.29, 0.717) is 31.0 Å². The van der Waals surface area contributed by atoms with Gasteiger partial charge in [-0.1, -0.05) is 0 Å². The highest BCUT2D eigenvalue weighted by Gasteiger charge is 2.30. The molecular formula is C26H26N6O2. The van der Waals surface area contributed by atoms with Gasteiger partial charge in [0, 0.05) is 38.0 Å². The van der Waals surface area contributed by atoms with Gasteiger partial charge in [-0.25, -0.2) is 15.0 Å². The minimum atomic E-state index is -0.0966. The molecule has 0 bridgehead atoms. The summed E-state index contributed by atoms with van der Waals surface area (Å²) in [5.74, 6) is 2.10. The number of hydrogen-bond donors (Lipinski definition) is 1. The normalized spacial score (nSPS) is 12.9. The monoisotopic (exact) mass is 454 g/mol. The van der Waals surface area contributed by atoms with Gasteiger partial charge in [-0.05, 0) is 61.4 Å². The van der Waals surface area contributed by atoms with Gasteiger partial charge in [0.25, 0.3) is 5.91 Å². The maximum atomic E-state index is 13.3. The molecule has 0 atom stereocenters. The Balaban J connectivity index is 1.34. The van der Waals surface area contributed by atoms with E-state index in [1.165, 1.54) is 0 Å². The van der Waals surface area contributed by atoms with Crippen molar-refractivity contribution in [3.63, 3.8) is 0 Å². The number of carbonyl (C=O) groups excluding carboxylic acids is 1. The molecule has 1 N–H and O–H groups in total. The van der Waals surface area contributed by atoms with Crippen molar-refractivity contribution in [2.24, 2.45) is 0 Å². The molecule has 34 heavy (non-hydrogen) atoms. The average Bonchev–Trinajstić information content (AvgIpc) is 3.38. The number of aromatic nitrogens is 4. The second-order valence-corrected chi connectivity index (χ2v) is 8.21. The fourth-order valence-electron chi connectivity index (χ4n) is 4.23. The number of pyridine rings is 2. The highest BCUT2D eigenvalue weighted by Crippen LogP contribution is 2.37. The molecule has 0 unspecified atom stereocenters. The molecule has 0 radical (unpaired) electrons. The Labute approximate surface area is 198 Å². The van der Waals surface area contributed by atoms with Crippen molar-refractivity contribution in [3.8, 4) is 17.0 Å². The Kier molecular flexibility index (Phi) is 5.71. The fraction of sp³-hybridized carbons (Fsp3) is 0.231. The van der Waals surface area contributed by atoms with Crippen LogP contribution >= 0.6 is 0 Å². The van der Waals surface area contributed by atoms with E-state index < -0.39 is 0 Å². The number of imidazole rings is 1. The number of nitrogens with one attached hydrogen (secondary N) is 1. The van der Waals surface area contributed by atoms with Crippen LogP contribution in [0.5, 0.6) is 5.75 Å². The number of carbonyl (C=O) groups is 1. The highest BCUT2D eigenvalue weighted by molar-refractivity contribution is 6.12. The molecule has 5 rings (SSSR count). The third kappa shape index (κ3) is 3.87. The predicted octanol–water partition coefficient (Wildman–Crippen LogP) is 4.54. The van der Waals surface area contributed by atoms with Gasteiger partial charge in [0.05, 0.1) is 36.1 Å². The fourth-order valence-corrected chi connectivity index (χ4v) is 4.23. The lowest BCUT2D eigenvalue weighted by Crippen LogP contribution is -2.25. The van der Waals surface area contributed by atoms with Crippen molar-refractivity contribution < 1.29 is 9.53 Å². The number of nitrogens with zero attached hydrogens (tertiary/aromatic N) is 5. The summed E-state index contributed by atoms with van der Waals surface area (Å²) in [7, 11) is 1.78. The van der Waals surface area contributed by atoms with Crippen LogP contribution in [0.4, 0.5) is 17.3 Å². The maximum Gasteiger partial charge on any atom is 0.261 e. The molecule has 1 aliphatic rings. The summed E-state index contributed by atoms with van der Waals surface area (Å²) in [6.07, 6.45) is 7.66. The summed E-state index contributed by atoms with van der Waals surface area (Å²) in [6.45, 7) is 5.19. The standard InChI is InChI=1S/C26H26N6O2/c1-4-32-24-20(26(33)31(3)22-6-5-10-28-25(22)32)13-18(14-29-24)9-11-34-23-8-7-19(12-17(23)2)21-15-27-16-30-21/h5-8,10,12-16H,4,9,11H2,1-3H3,(H,27,30). The van der Waals surface area contributed by atoms with Crippen molar-refractivity contribution in [2.45, 2.75) is 20.3 Å². The van der Waals surface area contributed by atoms with E-state index in [4.69, 9.17) is 4.74 Å². The van der Waals surface area contributed by atoms with Gasteiger partial charge in [-0.15, -0.1) is 0 Å². The van der Waals surface area contributed by atoms with E-state index in [-0.39, 0.29) is 5.91 Å². The van der Waals surface area contributed by atoms with Crippen molar-refractivity contribution in [1.29, 1.82) is 0 Å². The molecule has 0 saturated heterocycles. The first kappa shape index (κ1) is 21.6. The SMILES string of the molecule is CCN1c2ncc(CCOc3ccc(-c4cnc[nH]4)cc3C)cc2C(=O)N(C)c2cccnc21. The van der Waals surface area contributed by atoms with Crippen LogP contribution in [-0.2, 0) is 6.42 Å². The smallest absolute Gasteiger partial charge is 0.261 e. The van der Waals surface area contributed by atoms with Gasteiger partial charge >= 0.3 is 0 Å². The number of aromatic amines is 1. The van der Waals surface area contributed by atoms with E-state index in [0.717, 1.165) is 39.6 Å². The Bertz CT molecular complexity index is 1340. The Morgan fingerprint density at radius 3 is 2.74 bits per heavy atom. The Morgan fingerprint density at radius 2 is 1.97 bits per heavy atom. The quantitative estimate of drug-likeness (QED) is 0.460. The summed E-state index contributed by atoms with van der Waals surface area (Å²) in [4.78, 5) is 33.3. The largest absolute Gasteiger partial charge is 0.493 e. The minimum Gasteiger partial charge on any atom is -0.493 e. The van der Waals surface area contributed by atoms with E-state index in [1.807, 2.05) is 55.3 Å². The molecule has 8 nitrogen and oxygen atoms in total. The molecular weight excluding hydrogens is 428 g/mol. The van der Waals surface area contributed by atoms with Gasteiger partial charge in [-0.3, -0.25) is 4.79 Å². The summed E-state index contributed by atoms with van der Waals surface area (Å²) in [5, 5.41) is 0. The van der Waals surface area contributed by atoms with Crippen molar-refractivity contribution in [2.75, 3.05) is 30.0 Å². The zero-order chi connectivity index (χ0) is 23.7. The van der Waals surface area contributed by atoms with Crippen molar-refractivity contribution in [1.82, 2.24) is 19.9 Å². The van der Waals surface area contributed by atoms with Crippen LogP contribution in [0.15, 0.2) is 61.3 Å². The first-order chi connectivity index (χ1) is 16.6. The number of aryl methyl sites for hydroxylation is 1. The molecule has 0 aliphatic carbocycles. The van der Waals surface area contributed by atoms with Gasteiger partial charge < -0.3 is 19.5 Å². The molecule has 0 saturated carbocycles. The van der Waals surface area contributed by atoms with Crippen LogP contribution in [0.25, 0.3) is 11.3 Å². The molecule has 1 aliphatic heterocycles. The molecule has 0 fully saturated rings. The summed E-state index contributed by atoms with van der Waals surface area (Å²) in [5.41, 5.74) is 5.37. The van der Waals surface area contributed by atoms with Gasteiger partial charge in [0.15, 0.2) is 5.82 Å². The average molecular weight is 455 g/mol. The Morgan fingerprint density at radius 1 is 1.09 bits per heavy atom. The van der Waals surface area contributed by atoms with E-state index in [1.54, 1.807) is 30.7 Å². The summed E-state index contributed by atoms with van der Waals surface area (Å²) >= 11 is 0. The molecule has 3 aromatic heterocycles. The molecule has 4 heterocycles. The van der Waals surface area contributed by atoms with Crippen LogP contribution in [0.2, 0.25) is 0 Å². The number of amides is 1. The number of ether oxygens (including phenoxy) is 1. The number of H-pyrrole nitrogens is 1. The van der Waals surface area contributed by atoms with Crippen LogP contribution in [0, 0.1) is 6.92 Å². The van der Waals surface area contributed by atoms with Crippen molar-refractivity contribution >= 4 is 23.2 Å². The second-order valence-electron chi connectivity index (χ2n) is 8.21. The van der Waals surface area contributed by atoms with Crippen LogP contribution in [0.3, 0.4) is 0 Å². The van der Waals surface area contributed by atoms with E-state index >= 15 is 0 Å². The van der Waals surface area contributed by atoms with Crippen LogP contribution in [0.1, 0.15) is 28.4 Å². The number of anilines is 3. The molecule has 0 spiro atoms. The zero-order valence-electron chi connectivity index (χ0n) is 19.4. The first-order valence-electron chi connectivity index (χ1n) is 11.3. The third-order valence-corrected chi connectivity index (χ3v) is 6.05. The number of benzene rings is 1. The van der Waals surface area contributed by atoms with Gasteiger partial charge in [0.1, 0.15) is 11.6 Å². The molecule has 172 valence electrons. The molecule has 1 amide bonds. The van der Waals surface area contributed by atoms with Crippen LogP contribution in [-0.4, -0.2) is 46.0 Å². The van der Waals surface area contributed by atoms with Crippen molar-refractivity contribution in [3.05, 3.63) is 78.0 Å². The lowest BCUT2D eigenvalue weighted by Gasteiger charge is -2.22.